The lowest BCUT2D eigenvalue weighted by Gasteiger charge is -2.06. The SMILES string of the molecule is Cc1ccc(SCCOc2ccc(C=C(C#N)C(N)=O)cc2)cc1. The molecule has 0 unspecified atom stereocenters. The first kappa shape index (κ1) is 17.6. The molecule has 0 radical (unpaired) electrons. The van der Waals surface area contributed by atoms with Crippen LogP contribution in [0.5, 0.6) is 5.75 Å². The van der Waals surface area contributed by atoms with Crippen LogP contribution in [0.2, 0.25) is 0 Å². The zero-order valence-corrected chi connectivity index (χ0v) is 14.2. The number of primary amides is 1. The monoisotopic (exact) mass is 338 g/mol. The summed E-state index contributed by atoms with van der Waals surface area (Å²) in [5, 5.41) is 8.82. The summed E-state index contributed by atoms with van der Waals surface area (Å²) in [7, 11) is 0. The van der Waals surface area contributed by atoms with Crippen molar-refractivity contribution in [1.29, 1.82) is 5.26 Å². The fraction of sp³-hybridized carbons (Fsp3) is 0.158. The van der Waals surface area contributed by atoms with Crippen molar-refractivity contribution < 1.29 is 9.53 Å². The van der Waals surface area contributed by atoms with Gasteiger partial charge in [-0.15, -0.1) is 11.8 Å². The first-order valence-corrected chi connectivity index (χ1v) is 8.41. The maximum Gasteiger partial charge on any atom is 0.259 e. The maximum absolute atomic E-state index is 11.0. The molecule has 0 saturated carbocycles. The fourth-order valence-corrected chi connectivity index (χ4v) is 2.67. The average Bonchev–Trinajstić information content (AvgIpc) is 2.59. The Kier molecular flexibility index (Phi) is 6.47. The molecule has 0 heterocycles. The number of thioether (sulfide) groups is 1. The number of hydrogen-bond donors (Lipinski definition) is 1. The Balaban J connectivity index is 1.83. The van der Waals surface area contributed by atoms with E-state index >= 15 is 0 Å². The van der Waals surface area contributed by atoms with E-state index in [0.29, 0.717) is 6.61 Å². The Morgan fingerprint density at radius 3 is 2.46 bits per heavy atom. The molecular formula is C19H18N2O2S. The van der Waals surface area contributed by atoms with Crippen molar-refractivity contribution in [2.45, 2.75) is 11.8 Å². The zero-order chi connectivity index (χ0) is 17.4. The molecule has 24 heavy (non-hydrogen) atoms. The van der Waals surface area contributed by atoms with E-state index in [0.717, 1.165) is 17.1 Å². The van der Waals surface area contributed by atoms with Crippen LogP contribution in [0.1, 0.15) is 11.1 Å². The Labute approximate surface area is 145 Å². The highest BCUT2D eigenvalue weighted by atomic mass is 32.2. The molecule has 0 bridgehead atoms. The van der Waals surface area contributed by atoms with E-state index in [9.17, 15) is 4.79 Å². The number of hydrogen-bond acceptors (Lipinski definition) is 4. The highest BCUT2D eigenvalue weighted by molar-refractivity contribution is 7.99. The first-order valence-electron chi connectivity index (χ1n) is 7.42. The minimum atomic E-state index is -0.731. The topological polar surface area (TPSA) is 76.1 Å². The van der Waals surface area contributed by atoms with Crippen LogP contribution in [0.4, 0.5) is 0 Å². The van der Waals surface area contributed by atoms with Gasteiger partial charge < -0.3 is 10.5 Å². The molecule has 2 rings (SSSR count). The maximum atomic E-state index is 11.0. The minimum absolute atomic E-state index is 0.0711. The molecule has 0 spiro atoms. The minimum Gasteiger partial charge on any atom is -0.493 e. The number of carbonyl (C=O) groups is 1. The summed E-state index contributed by atoms with van der Waals surface area (Å²) < 4.78 is 5.69. The molecule has 5 heteroatoms. The summed E-state index contributed by atoms with van der Waals surface area (Å²) in [5.74, 6) is 0.866. The Morgan fingerprint density at radius 2 is 1.88 bits per heavy atom. The van der Waals surface area contributed by atoms with Gasteiger partial charge in [0.2, 0.25) is 0 Å². The highest BCUT2D eigenvalue weighted by Gasteiger charge is 2.03. The third kappa shape index (κ3) is 5.49. The second kappa shape index (κ2) is 8.80. The summed E-state index contributed by atoms with van der Waals surface area (Å²) in [6.07, 6.45) is 1.46. The molecule has 1 amide bonds. The van der Waals surface area contributed by atoms with Gasteiger partial charge in [-0.2, -0.15) is 5.26 Å². The quantitative estimate of drug-likeness (QED) is 0.362. The second-order valence-electron chi connectivity index (χ2n) is 5.11. The zero-order valence-electron chi connectivity index (χ0n) is 13.4. The van der Waals surface area contributed by atoms with Gasteiger partial charge in [0.1, 0.15) is 17.4 Å². The molecule has 122 valence electrons. The first-order chi connectivity index (χ1) is 11.6. The van der Waals surface area contributed by atoms with Gasteiger partial charge in [0.15, 0.2) is 0 Å². The second-order valence-corrected chi connectivity index (χ2v) is 6.28. The number of benzene rings is 2. The van der Waals surface area contributed by atoms with Crippen molar-refractivity contribution in [3.8, 4) is 11.8 Å². The lowest BCUT2D eigenvalue weighted by Crippen LogP contribution is -2.12. The van der Waals surface area contributed by atoms with Crippen molar-refractivity contribution in [1.82, 2.24) is 0 Å². The van der Waals surface area contributed by atoms with Gasteiger partial charge >= 0.3 is 0 Å². The van der Waals surface area contributed by atoms with Crippen LogP contribution in [0.3, 0.4) is 0 Å². The van der Waals surface area contributed by atoms with Crippen LogP contribution in [-0.2, 0) is 4.79 Å². The molecule has 0 fully saturated rings. The number of carbonyl (C=O) groups excluding carboxylic acids is 1. The Morgan fingerprint density at radius 1 is 1.21 bits per heavy atom. The smallest absolute Gasteiger partial charge is 0.259 e. The van der Waals surface area contributed by atoms with Crippen molar-refractivity contribution in [2.75, 3.05) is 12.4 Å². The lowest BCUT2D eigenvalue weighted by molar-refractivity contribution is -0.114. The van der Waals surface area contributed by atoms with E-state index in [-0.39, 0.29) is 5.57 Å². The molecule has 0 aliphatic rings. The summed E-state index contributed by atoms with van der Waals surface area (Å²) in [5.41, 5.74) is 7.01. The van der Waals surface area contributed by atoms with Crippen LogP contribution in [-0.4, -0.2) is 18.3 Å². The van der Waals surface area contributed by atoms with E-state index in [1.807, 2.05) is 0 Å². The highest BCUT2D eigenvalue weighted by Crippen LogP contribution is 2.19. The number of nitriles is 1. The molecule has 0 aliphatic heterocycles. The van der Waals surface area contributed by atoms with Gasteiger partial charge in [0.05, 0.1) is 6.61 Å². The average molecular weight is 338 g/mol. The predicted molar refractivity (Wildman–Crippen MR) is 96.6 cm³/mol. The number of nitrogens with two attached hydrogens (primary N) is 1. The van der Waals surface area contributed by atoms with Crippen LogP contribution >= 0.6 is 11.8 Å². The number of rotatable bonds is 7. The molecule has 0 saturated heterocycles. The standard InChI is InChI=1S/C19H18N2O2S/c1-14-2-8-18(9-3-14)24-11-10-23-17-6-4-15(5-7-17)12-16(13-20)19(21)22/h2-9,12H,10-11H2,1H3,(H2,21,22). The van der Waals surface area contributed by atoms with Crippen molar-refractivity contribution in [3.63, 3.8) is 0 Å². The van der Waals surface area contributed by atoms with Gasteiger partial charge in [-0.05, 0) is 42.8 Å². The fourth-order valence-electron chi connectivity index (χ4n) is 1.94. The normalized spacial score (nSPS) is 10.9. The number of nitrogens with zero attached hydrogens (tertiary/aromatic N) is 1. The number of ether oxygens (including phenoxy) is 1. The summed E-state index contributed by atoms with van der Waals surface area (Å²) in [6, 6.07) is 17.3. The molecule has 0 aromatic heterocycles. The van der Waals surface area contributed by atoms with Crippen molar-refractivity contribution >= 4 is 23.7 Å². The van der Waals surface area contributed by atoms with Crippen LogP contribution in [0.15, 0.2) is 59.0 Å². The molecular weight excluding hydrogens is 320 g/mol. The summed E-state index contributed by atoms with van der Waals surface area (Å²) >= 11 is 1.74. The van der Waals surface area contributed by atoms with E-state index in [2.05, 4.69) is 31.2 Å². The molecule has 2 aromatic rings. The van der Waals surface area contributed by atoms with Gasteiger partial charge in [0, 0.05) is 10.6 Å². The number of amides is 1. The summed E-state index contributed by atoms with van der Waals surface area (Å²) in [6.45, 7) is 2.66. The van der Waals surface area contributed by atoms with Crippen LogP contribution in [0.25, 0.3) is 6.08 Å². The Hall–Kier alpha value is -2.71. The van der Waals surface area contributed by atoms with Crippen molar-refractivity contribution in [3.05, 3.63) is 65.2 Å². The van der Waals surface area contributed by atoms with Gasteiger partial charge in [0.25, 0.3) is 5.91 Å². The summed E-state index contributed by atoms with van der Waals surface area (Å²) in [4.78, 5) is 12.2. The van der Waals surface area contributed by atoms with Crippen molar-refractivity contribution in [2.24, 2.45) is 5.73 Å². The molecule has 0 atom stereocenters. The molecule has 2 aromatic carbocycles. The third-order valence-electron chi connectivity index (χ3n) is 3.22. The van der Waals surface area contributed by atoms with Gasteiger partial charge in [-0.3, -0.25) is 4.79 Å². The van der Waals surface area contributed by atoms with Gasteiger partial charge in [-0.1, -0.05) is 29.8 Å². The Bertz CT molecular complexity index is 759. The van der Waals surface area contributed by atoms with E-state index in [4.69, 9.17) is 15.7 Å². The third-order valence-corrected chi connectivity index (χ3v) is 4.20. The van der Waals surface area contributed by atoms with Crippen LogP contribution < -0.4 is 10.5 Å². The van der Waals surface area contributed by atoms with Gasteiger partial charge in [-0.25, -0.2) is 0 Å². The molecule has 4 nitrogen and oxygen atoms in total. The van der Waals surface area contributed by atoms with E-state index < -0.39 is 5.91 Å². The predicted octanol–water partition coefficient (Wildman–Crippen LogP) is 3.56. The number of aryl methyl sites for hydroxylation is 1. The van der Waals surface area contributed by atoms with E-state index in [1.165, 1.54) is 16.5 Å². The molecule has 2 N–H and O–H groups in total. The largest absolute Gasteiger partial charge is 0.493 e. The molecule has 0 aliphatic carbocycles. The van der Waals surface area contributed by atoms with E-state index in [1.54, 1.807) is 42.1 Å². The lowest BCUT2D eigenvalue weighted by atomic mass is 10.1. The van der Waals surface area contributed by atoms with Crippen LogP contribution in [0, 0.1) is 18.3 Å².